The van der Waals surface area contributed by atoms with Gasteiger partial charge in [0.2, 0.25) is 10.0 Å². The maximum atomic E-state index is 12.0. The SMILES string of the molecule is O=S(=O)(NCC1(CCl)CC1)c1ccc(Cl)c(Cl)c1. The van der Waals surface area contributed by atoms with Crippen molar-refractivity contribution in [3.8, 4) is 0 Å². The Kier molecular flexibility index (Phi) is 4.14. The van der Waals surface area contributed by atoms with Gasteiger partial charge in [-0.15, -0.1) is 11.6 Å². The van der Waals surface area contributed by atoms with Gasteiger partial charge in [0.05, 0.1) is 14.9 Å². The second-order valence-corrected chi connectivity index (χ2v) is 7.38. The van der Waals surface area contributed by atoms with Crippen molar-refractivity contribution in [3.63, 3.8) is 0 Å². The van der Waals surface area contributed by atoms with Crippen molar-refractivity contribution in [2.45, 2.75) is 17.7 Å². The van der Waals surface area contributed by atoms with Gasteiger partial charge in [0.15, 0.2) is 0 Å². The molecule has 0 saturated heterocycles. The highest BCUT2D eigenvalue weighted by Gasteiger charge is 2.42. The molecule has 0 spiro atoms. The van der Waals surface area contributed by atoms with Crippen molar-refractivity contribution in [3.05, 3.63) is 28.2 Å². The third kappa shape index (κ3) is 3.11. The van der Waals surface area contributed by atoms with Crippen molar-refractivity contribution < 1.29 is 8.42 Å². The zero-order valence-corrected chi connectivity index (χ0v) is 12.5. The van der Waals surface area contributed by atoms with Crippen LogP contribution in [0.25, 0.3) is 0 Å². The smallest absolute Gasteiger partial charge is 0.211 e. The Labute approximate surface area is 121 Å². The Hall–Kier alpha value is -0.000000000000000111. The molecule has 2 rings (SSSR count). The minimum absolute atomic E-state index is 0.0646. The van der Waals surface area contributed by atoms with E-state index in [2.05, 4.69) is 4.72 Å². The van der Waals surface area contributed by atoms with Crippen LogP contribution in [-0.2, 0) is 10.0 Å². The fraction of sp³-hybridized carbons (Fsp3) is 0.455. The summed E-state index contributed by atoms with van der Waals surface area (Å²) in [5.74, 6) is 0.469. The molecule has 1 aromatic rings. The van der Waals surface area contributed by atoms with Crippen molar-refractivity contribution >= 4 is 44.8 Å². The van der Waals surface area contributed by atoms with E-state index in [9.17, 15) is 8.42 Å². The number of alkyl halides is 1. The van der Waals surface area contributed by atoms with E-state index >= 15 is 0 Å². The van der Waals surface area contributed by atoms with Crippen molar-refractivity contribution in [2.24, 2.45) is 5.41 Å². The lowest BCUT2D eigenvalue weighted by Gasteiger charge is -2.13. The zero-order chi connectivity index (χ0) is 13.4. The molecule has 0 unspecified atom stereocenters. The van der Waals surface area contributed by atoms with Gasteiger partial charge in [-0.25, -0.2) is 13.1 Å². The standard InChI is InChI=1S/C11H12Cl3NO2S/c12-6-11(3-4-11)7-15-18(16,17)8-1-2-9(13)10(14)5-8/h1-2,5,15H,3-4,6-7H2. The predicted molar refractivity (Wildman–Crippen MR) is 74.0 cm³/mol. The van der Waals surface area contributed by atoms with Gasteiger partial charge >= 0.3 is 0 Å². The second kappa shape index (κ2) is 5.17. The summed E-state index contributed by atoms with van der Waals surface area (Å²) in [4.78, 5) is 0.113. The van der Waals surface area contributed by atoms with Crippen LogP contribution in [0.5, 0.6) is 0 Å². The normalized spacial score (nSPS) is 17.7. The first kappa shape index (κ1) is 14.4. The van der Waals surface area contributed by atoms with Gasteiger partial charge in [0.1, 0.15) is 0 Å². The number of halogens is 3. The molecule has 1 aliphatic rings. The van der Waals surface area contributed by atoms with Crippen LogP contribution in [0.2, 0.25) is 10.0 Å². The molecule has 7 heteroatoms. The van der Waals surface area contributed by atoms with Crippen molar-refractivity contribution in [1.29, 1.82) is 0 Å². The van der Waals surface area contributed by atoms with Crippen LogP contribution in [0.4, 0.5) is 0 Å². The lowest BCUT2D eigenvalue weighted by atomic mass is 10.1. The Balaban J connectivity index is 2.13. The summed E-state index contributed by atoms with van der Waals surface area (Å²) in [5.41, 5.74) is -0.0646. The van der Waals surface area contributed by atoms with E-state index in [1.807, 2.05) is 0 Å². The van der Waals surface area contributed by atoms with Crippen LogP contribution in [0.1, 0.15) is 12.8 Å². The number of nitrogens with one attached hydrogen (secondary N) is 1. The molecule has 0 atom stereocenters. The quantitative estimate of drug-likeness (QED) is 0.843. The largest absolute Gasteiger partial charge is 0.240 e. The van der Waals surface area contributed by atoms with E-state index in [0.29, 0.717) is 17.4 Å². The molecule has 0 aromatic heterocycles. The average molecular weight is 329 g/mol. The maximum absolute atomic E-state index is 12.0. The number of rotatable bonds is 5. The minimum atomic E-state index is -3.55. The fourth-order valence-electron chi connectivity index (χ4n) is 1.51. The molecular weight excluding hydrogens is 317 g/mol. The molecule has 0 aliphatic heterocycles. The second-order valence-electron chi connectivity index (χ2n) is 4.53. The van der Waals surface area contributed by atoms with Crippen LogP contribution in [0.15, 0.2) is 23.1 Å². The molecular formula is C11H12Cl3NO2S. The number of sulfonamides is 1. The number of benzene rings is 1. The summed E-state index contributed by atoms with van der Waals surface area (Å²) in [6.07, 6.45) is 1.92. The van der Waals surface area contributed by atoms with E-state index in [-0.39, 0.29) is 15.3 Å². The first-order chi connectivity index (χ1) is 8.38. The molecule has 1 aliphatic carbocycles. The molecule has 1 fully saturated rings. The molecule has 18 heavy (non-hydrogen) atoms. The highest BCUT2D eigenvalue weighted by Crippen LogP contribution is 2.46. The lowest BCUT2D eigenvalue weighted by Crippen LogP contribution is -2.31. The Morgan fingerprint density at radius 3 is 2.39 bits per heavy atom. The van der Waals surface area contributed by atoms with Crippen LogP contribution in [-0.4, -0.2) is 20.8 Å². The molecule has 0 heterocycles. The first-order valence-electron chi connectivity index (χ1n) is 5.39. The molecule has 1 N–H and O–H groups in total. The summed E-state index contributed by atoms with van der Waals surface area (Å²) >= 11 is 17.4. The summed E-state index contributed by atoms with van der Waals surface area (Å²) < 4.78 is 26.6. The molecule has 100 valence electrons. The molecule has 0 bridgehead atoms. The molecule has 1 aromatic carbocycles. The first-order valence-corrected chi connectivity index (χ1v) is 8.17. The maximum Gasteiger partial charge on any atom is 0.240 e. The van der Waals surface area contributed by atoms with E-state index in [1.54, 1.807) is 0 Å². The van der Waals surface area contributed by atoms with Gasteiger partial charge in [0.25, 0.3) is 0 Å². The monoisotopic (exact) mass is 327 g/mol. The highest BCUT2D eigenvalue weighted by atomic mass is 35.5. The van der Waals surface area contributed by atoms with Crippen LogP contribution < -0.4 is 4.72 Å². The Morgan fingerprint density at radius 2 is 1.89 bits per heavy atom. The van der Waals surface area contributed by atoms with Crippen LogP contribution in [0, 0.1) is 5.41 Å². The summed E-state index contributed by atoms with van der Waals surface area (Å²) in [7, 11) is -3.55. The van der Waals surface area contributed by atoms with E-state index in [4.69, 9.17) is 34.8 Å². The van der Waals surface area contributed by atoms with Gasteiger partial charge < -0.3 is 0 Å². The Bertz CT molecular complexity index is 555. The van der Waals surface area contributed by atoms with Gasteiger partial charge in [-0.2, -0.15) is 0 Å². The third-order valence-corrected chi connectivity index (χ3v) is 5.78. The molecule has 1 saturated carbocycles. The van der Waals surface area contributed by atoms with E-state index < -0.39 is 10.0 Å². The number of hydrogen-bond donors (Lipinski definition) is 1. The summed E-state index contributed by atoms with van der Waals surface area (Å²) in [5, 5.41) is 0.549. The zero-order valence-electron chi connectivity index (χ0n) is 9.42. The minimum Gasteiger partial charge on any atom is -0.211 e. The summed E-state index contributed by atoms with van der Waals surface area (Å²) in [6, 6.07) is 4.23. The molecule has 0 amide bonds. The lowest BCUT2D eigenvalue weighted by molar-refractivity contribution is 0.534. The Morgan fingerprint density at radius 1 is 1.22 bits per heavy atom. The van der Waals surface area contributed by atoms with E-state index in [1.165, 1.54) is 18.2 Å². The molecule has 3 nitrogen and oxygen atoms in total. The number of hydrogen-bond acceptors (Lipinski definition) is 2. The average Bonchev–Trinajstić information content (AvgIpc) is 3.11. The fourth-order valence-corrected chi connectivity index (χ4v) is 3.42. The topological polar surface area (TPSA) is 46.2 Å². The van der Waals surface area contributed by atoms with Crippen molar-refractivity contribution in [1.82, 2.24) is 4.72 Å². The van der Waals surface area contributed by atoms with Gasteiger partial charge in [-0.3, -0.25) is 0 Å². The summed E-state index contributed by atoms with van der Waals surface area (Å²) in [6.45, 7) is 0.360. The van der Waals surface area contributed by atoms with E-state index in [0.717, 1.165) is 12.8 Å². The predicted octanol–water partition coefficient (Wildman–Crippen LogP) is 3.29. The highest BCUT2D eigenvalue weighted by molar-refractivity contribution is 7.89. The van der Waals surface area contributed by atoms with Crippen molar-refractivity contribution in [2.75, 3.05) is 12.4 Å². The molecule has 0 radical (unpaired) electrons. The third-order valence-electron chi connectivity index (χ3n) is 3.08. The van der Waals surface area contributed by atoms with Crippen LogP contribution in [0.3, 0.4) is 0 Å². The van der Waals surface area contributed by atoms with Gasteiger partial charge in [-0.1, -0.05) is 23.2 Å². The van der Waals surface area contributed by atoms with Gasteiger partial charge in [-0.05, 0) is 36.5 Å². The van der Waals surface area contributed by atoms with Crippen LogP contribution >= 0.6 is 34.8 Å². The van der Waals surface area contributed by atoms with Gasteiger partial charge in [0, 0.05) is 12.4 Å².